The van der Waals surface area contributed by atoms with Crippen LogP contribution in [0, 0.1) is 10.1 Å². The summed E-state index contributed by atoms with van der Waals surface area (Å²) in [5, 5.41) is 10.7. The summed E-state index contributed by atoms with van der Waals surface area (Å²) in [6.45, 7) is -0.254. The molecule has 0 bridgehead atoms. The molecular weight excluding hydrogens is 364 g/mol. The van der Waals surface area contributed by atoms with Crippen LogP contribution in [0.2, 0.25) is 0 Å². The molecule has 8 nitrogen and oxygen atoms in total. The highest BCUT2D eigenvalue weighted by Crippen LogP contribution is 2.32. The summed E-state index contributed by atoms with van der Waals surface area (Å²) in [6, 6.07) is 5.72. The number of hydrogen-bond acceptors (Lipinski definition) is 7. The molecule has 0 radical (unpaired) electrons. The van der Waals surface area contributed by atoms with Gasteiger partial charge in [0, 0.05) is 18.7 Å². The van der Waals surface area contributed by atoms with Crippen molar-refractivity contribution in [2.75, 3.05) is 12.3 Å². The van der Waals surface area contributed by atoms with Gasteiger partial charge in [0.1, 0.15) is 4.32 Å². The van der Waals surface area contributed by atoms with Gasteiger partial charge in [-0.3, -0.25) is 24.4 Å². The average Bonchev–Trinajstić information content (AvgIpc) is 2.70. The number of carbonyl (C=O) groups excluding carboxylic acids is 1. The van der Waals surface area contributed by atoms with E-state index in [1.165, 1.54) is 24.3 Å². The molecule has 0 spiro atoms. The standard InChI is InChI=1S/C12H10N2O6S3/c15-11-10(7-8-2-1-3-9(6-8)14(16)17)22-12(21)13(11)4-5-23(18,19)20/h1-3,6-7H,4-5H2,(H,18,19,20)/b10-7-. The fourth-order valence-electron chi connectivity index (χ4n) is 1.78. The molecule has 0 saturated carbocycles. The van der Waals surface area contributed by atoms with E-state index in [4.69, 9.17) is 16.8 Å². The number of non-ortho nitro benzene ring substituents is 1. The van der Waals surface area contributed by atoms with E-state index in [0.29, 0.717) is 5.56 Å². The lowest BCUT2D eigenvalue weighted by Crippen LogP contribution is -2.32. The lowest BCUT2D eigenvalue weighted by atomic mass is 10.2. The van der Waals surface area contributed by atoms with Crippen molar-refractivity contribution in [1.29, 1.82) is 0 Å². The zero-order valence-electron chi connectivity index (χ0n) is 11.4. The largest absolute Gasteiger partial charge is 0.292 e. The maximum absolute atomic E-state index is 12.2. The van der Waals surface area contributed by atoms with Crippen molar-refractivity contribution in [2.45, 2.75) is 0 Å². The minimum Gasteiger partial charge on any atom is -0.292 e. The number of thioether (sulfide) groups is 1. The summed E-state index contributed by atoms with van der Waals surface area (Å²) in [4.78, 5) is 23.7. The SMILES string of the molecule is O=C1/C(=C/c2cccc([N+](=O)[O-])c2)SC(=S)N1CCS(=O)(=O)O. The molecule has 0 aliphatic carbocycles. The topological polar surface area (TPSA) is 118 Å². The molecule has 23 heavy (non-hydrogen) atoms. The van der Waals surface area contributed by atoms with Crippen LogP contribution in [0.15, 0.2) is 29.2 Å². The summed E-state index contributed by atoms with van der Waals surface area (Å²) < 4.78 is 30.4. The normalized spacial score (nSPS) is 17.1. The second-order valence-electron chi connectivity index (χ2n) is 4.47. The van der Waals surface area contributed by atoms with E-state index in [9.17, 15) is 23.3 Å². The molecule has 1 aliphatic heterocycles. The quantitative estimate of drug-likeness (QED) is 0.272. The van der Waals surface area contributed by atoms with Gasteiger partial charge < -0.3 is 0 Å². The second-order valence-corrected chi connectivity index (χ2v) is 7.72. The number of carbonyl (C=O) groups is 1. The predicted octanol–water partition coefficient (Wildman–Crippen LogP) is 1.68. The van der Waals surface area contributed by atoms with Crippen molar-refractivity contribution in [2.24, 2.45) is 0 Å². The molecule has 1 aromatic carbocycles. The monoisotopic (exact) mass is 374 g/mol. The van der Waals surface area contributed by atoms with Gasteiger partial charge in [-0.2, -0.15) is 8.42 Å². The van der Waals surface area contributed by atoms with E-state index in [0.717, 1.165) is 16.7 Å². The van der Waals surface area contributed by atoms with Crippen LogP contribution >= 0.6 is 24.0 Å². The molecule has 122 valence electrons. The van der Waals surface area contributed by atoms with Crippen LogP contribution in [-0.4, -0.2) is 45.3 Å². The van der Waals surface area contributed by atoms with Gasteiger partial charge in [-0.25, -0.2) is 0 Å². The highest BCUT2D eigenvalue weighted by Gasteiger charge is 2.32. The molecule has 1 saturated heterocycles. The van der Waals surface area contributed by atoms with Crippen molar-refractivity contribution in [3.8, 4) is 0 Å². The lowest BCUT2D eigenvalue weighted by molar-refractivity contribution is -0.384. The summed E-state index contributed by atoms with van der Waals surface area (Å²) in [7, 11) is -4.21. The Morgan fingerprint density at radius 2 is 2.13 bits per heavy atom. The maximum atomic E-state index is 12.2. The first-order valence-electron chi connectivity index (χ1n) is 6.12. The third-order valence-electron chi connectivity index (χ3n) is 2.83. The molecule has 0 unspecified atom stereocenters. The summed E-state index contributed by atoms with van der Waals surface area (Å²) in [5.74, 6) is -1.13. The van der Waals surface area contributed by atoms with Crippen molar-refractivity contribution in [1.82, 2.24) is 4.90 Å². The van der Waals surface area contributed by atoms with Gasteiger partial charge in [0.25, 0.3) is 21.7 Å². The summed E-state index contributed by atoms with van der Waals surface area (Å²) in [6.07, 6.45) is 1.44. The number of nitro groups is 1. The van der Waals surface area contributed by atoms with E-state index in [1.54, 1.807) is 6.07 Å². The molecule has 1 heterocycles. The fraction of sp³-hybridized carbons (Fsp3) is 0.167. The molecule has 0 atom stereocenters. The lowest BCUT2D eigenvalue weighted by Gasteiger charge is -2.12. The van der Waals surface area contributed by atoms with Crippen molar-refractivity contribution in [3.63, 3.8) is 0 Å². The van der Waals surface area contributed by atoms with Crippen molar-refractivity contribution < 1.29 is 22.7 Å². The second kappa shape index (κ2) is 6.74. The zero-order chi connectivity index (χ0) is 17.2. The first-order chi connectivity index (χ1) is 10.7. The molecule has 11 heteroatoms. The fourth-order valence-corrected chi connectivity index (χ4v) is 3.50. The number of nitrogens with zero attached hydrogens (tertiary/aromatic N) is 2. The van der Waals surface area contributed by atoms with Gasteiger partial charge in [0.15, 0.2) is 0 Å². The van der Waals surface area contributed by atoms with Gasteiger partial charge in [0.2, 0.25) is 0 Å². The van der Waals surface area contributed by atoms with Crippen LogP contribution in [0.5, 0.6) is 0 Å². The Balaban J connectivity index is 2.21. The molecule has 1 aromatic rings. The number of thiocarbonyl (C=S) groups is 1. The van der Waals surface area contributed by atoms with Gasteiger partial charge >= 0.3 is 0 Å². The molecule has 1 aliphatic rings. The Bertz CT molecular complexity index is 818. The van der Waals surface area contributed by atoms with Crippen LogP contribution in [0.4, 0.5) is 5.69 Å². The summed E-state index contributed by atoms with van der Waals surface area (Å²) in [5.41, 5.74) is 0.343. The number of nitro benzene ring substituents is 1. The third-order valence-corrected chi connectivity index (χ3v) is 4.90. The Kier molecular flexibility index (Phi) is 5.14. The van der Waals surface area contributed by atoms with E-state index in [1.807, 2.05) is 0 Å². The van der Waals surface area contributed by atoms with Gasteiger partial charge in [-0.05, 0) is 11.6 Å². The number of amides is 1. The van der Waals surface area contributed by atoms with Crippen LogP contribution < -0.4 is 0 Å². The Labute approximate surface area is 141 Å². The smallest absolute Gasteiger partial charge is 0.270 e. The van der Waals surface area contributed by atoms with Gasteiger partial charge in [-0.15, -0.1) is 0 Å². The molecule has 1 fully saturated rings. The Morgan fingerprint density at radius 1 is 1.43 bits per heavy atom. The number of rotatable bonds is 5. The first-order valence-corrected chi connectivity index (χ1v) is 8.96. The van der Waals surface area contributed by atoms with Crippen molar-refractivity contribution in [3.05, 3.63) is 44.8 Å². The third kappa shape index (κ3) is 4.58. The minimum absolute atomic E-state index is 0.111. The van der Waals surface area contributed by atoms with Gasteiger partial charge in [0.05, 0.1) is 15.6 Å². The average molecular weight is 374 g/mol. The molecule has 1 N–H and O–H groups in total. The highest BCUT2D eigenvalue weighted by molar-refractivity contribution is 8.26. The predicted molar refractivity (Wildman–Crippen MR) is 89.4 cm³/mol. The first kappa shape index (κ1) is 17.5. The van der Waals surface area contributed by atoms with E-state index in [-0.39, 0.29) is 21.5 Å². The van der Waals surface area contributed by atoms with E-state index < -0.39 is 26.7 Å². The minimum atomic E-state index is -4.21. The molecule has 0 aromatic heterocycles. The van der Waals surface area contributed by atoms with Gasteiger partial charge in [-0.1, -0.05) is 36.1 Å². The summed E-state index contributed by atoms with van der Waals surface area (Å²) >= 11 is 5.97. The van der Waals surface area contributed by atoms with Crippen LogP contribution in [0.1, 0.15) is 5.56 Å². The number of hydrogen-bond donors (Lipinski definition) is 1. The van der Waals surface area contributed by atoms with E-state index >= 15 is 0 Å². The van der Waals surface area contributed by atoms with Crippen LogP contribution in [-0.2, 0) is 14.9 Å². The maximum Gasteiger partial charge on any atom is 0.270 e. The van der Waals surface area contributed by atoms with Crippen LogP contribution in [0.3, 0.4) is 0 Å². The molecule has 1 amide bonds. The van der Waals surface area contributed by atoms with E-state index in [2.05, 4.69) is 0 Å². The molecule has 2 rings (SSSR count). The highest BCUT2D eigenvalue weighted by atomic mass is 32.2. The van der Waals surface area contributed by atoms with Crippen molar-refractivity contribution >= 4 is 56.1 Å². The molecular formula is C12H10N2O6S3. The Hall–Kier alpha value is -1.82. The van der Waals surface area contributed by atoms with Crippen LogP contribution in [0.25, 0.3) is 6.08 Å². The number of benzene rings is 1. The zero-order valence-corrected chi connectivity index (χ0v) is 13.9. The Morgan fingerprint density at radius 3 is 2.74 bits per heavy atom.